The van der Waals surface area contributed by atoms with E-state index >= 15 is 0 Å². The van der Waals surface area contributed by atoms with E-state index in [-0.39, 0.29) is 11.1 Å². The molecule has 2 N–H and O–H groups in total. The molecule has 1 aromatic carbocycles. The Bertz CT molecular complexity index is 496. The summed E-state index contributed by atoms with van der Waals surface area (Å²) in [6.45, 7) is 0. The molecule has 0 aliphatic rings. The van der Waals surface area contributed by atoms with Gasteiger partial charge in [0.2, 0.25) is 0 Å². The van der Waals surface area contributed by atoms with Crippen molar-refractivity contribution >= 4 is 11.9 Å². The maximum Gasteiger partial charge on any atom is 0.573 e. The molecule has 0 aromatic heterocycles. The van der Waals surface area contributed by atoms with Gasteiger partial charge in [0.05, 0.1) is 12.8 Å². The van der Waals surface area contributed by atoms with Crippen LogP contribution in [0.5, 0.6) is 5.75 Å². The largest absolute Gasteiger partial charge is 0.573 e. The second-order valence-electron chi connectivity index (χ2n) is 3.62. The number of hydrogen-bond acceptors (Lipinski definition) is 3. The van der Waals surface area contributed by atoms with E-state index in [4.69, 9.17) is 10.2 Å². The minimum absolute atomic E-state index is 0.0309. The Hall–Kier alpha value is -2.25. The zero-order valence-electron chi connectivity index (χ0n) is 9.40. The van der Waals surface area contributed by atoms with Crippen molar-refractivity contribution < 1.29 is 37.7 Å². The lowest BCUT2D eigenvalue weighted by atomic mass is 10.0. The number of aliphatic carboxylic acids is 2. The lowest BCUT2D eigenvalue weighted by Gasteiger charge is -2.12. The van der Waals surface area contributed by atoms with Gasteiger partial charge >= 0.3 is 18.3 Å². The van der Waals surface area contributed by atoms with Gasteiger partial charge in [0.25, 0.3) is 0 Å². The summed E-state index contributed by atoms with van der Waals surface area (Å²) in [6.07, 6.45) is -5.96. The number of ether oxygens (including phenoxy) is 1. The van der Waals surface area contributed by atoms with Crippen molar-refractivity contribution in [2.24, 2.45) is 0 Å². The zero-order valence-corrected chi connectivity index (χ0v) is 9.40. The van der Waals surface area contributed by atoms with Crippen LogP contribution in [0.15, 0.2) is 18.2 Å². The van der Waals surface area contributed by atoms with Gasteiger partial charge in [0, 0.05) is 0 Å². The highest BCUT2D eigenvalue weighted by Gasteiger charge is 2.31. The standard InChI is InChI=1S/C11H9F3O5/c12-11(13,14)19-8-2-1-6(4-9(15)16)7(3-8)5-10(17)18/h1-3H,4-5H2,(H,15,16)(H,17,18). The molecule has 0 radical (unpaired) electrons. The summed E-state index contributed by atoms with van der Waals surface area (Å²) >= 11 is 0. The summed E-state index contributed by atoms with van der Waals surface area (Å²) in [7, 11) is 0. The van der Waals surface area contributed by atoms with E-state index in [2.05, 4.69) is 4.74 Å². The van der Waals surface area contributed by atoms with Gasteiger partial charge in [0.15, 0.2) is 0 Å². The fraction of sp³-hybridized carbons (Fsp3) is 0.273. The molecule has 5 nitrogen and oxygen atoms in total. The predicted molar refractivity (Wildman–Crippen MR) is 55.8 cm³/mol. The molecular formula is C11H9F3O5. The number of halogens is 3. The van der Waals surface area contributed by atoms with Crippen molar-refractivity contribution in [3.63, 3.8) is 0 Å². The summed E-state index contributed by atoms with van der Waals surface area (Å²) in [5.41, 5.74) is 0.0982. The monoisotopic (exact) mass is 278 g/mol. The fourth-order valence-electron chi connectivity index (χ4n) is 1.46. The SMILES string of the molecule is O=C(O)Cc1ccc(OC(F)(F)F)cc1CC(=O)O. The molecule has 1 aromatic rings. The minimum atomic E-state index is -4.89. The molecule has 0 fully saturated rings. The van der Waals surface area contributed by atoms with E-state index < -0.39 is 36.9 Å². The quantitative estimate of drug-likeness (QED) is 0.858. The van der Waals surface area contributed by atoms with E-state index in [9.17, 15) is 22.8 Å². The van der Waals surface area contributed by atoms with E-state index in [1.165, 1.54) is 0 Å². The van der Waals surface area contributed by atoms with Crippen LogP contribution in [-0.2, 0) is 22.4 Å². The lowest BCUT2D eigenvalue weighted by molar-refractivity contribution is -0.274. The first-order valence-electron chi connectivity index (χ1n) is 4.98. The number of rotatable bonds is 5. The van der Waals surface area contributed by atoms with Crippen molar-refractivity contribution in [1.29, 1.82) is 0 Å². The van der Waals surface area contributed by atoms with Crippen LogP contribution in [0.3, 0.4) is 0 Å². The Kier molecular flexibility index (Phi) is 4.36. The van der Waals surface area contributed by atoms with Gasteiger partial charge in [0.1, 0.15) is 5.75 Å². The van der Waals surface area contributed by atoms with Gasteiger partial charge in [-0.1, -0.05) is 6.07 Å². The molecule has 0 spiro atoms. The molecule has 0 amide bonds. The van der Waals surface area contributed by atoms with Crippen LogP contribution in [-0.4, -0.2) is 28.5 Å². The second-order valence-corrected chi connectivity index (χ2v) is 3.62. The smallest absolute Gasteiger partial charge is 0.481 e. The first kappa shape index (κ1) is 14.8. The van der Waals surface area contributed by atoms with Crippen LogP contribution in [0.4, 0.5) is 13.2 Å². The van der Waals surface area contributed by atoms with E-state index in [1.54, 1.807) is 0 Å². The number of carboxylic acid groups (broad SMARTS) is 2. The van der Waals surface area contributed by atoms with Gasteiger partial charge in [-0.2, -0.15) is 0 Å². The van der Waals surface area contributed by atoms with Gasteiger partial charge in [-0.3, -0.25) is 9.59 Å². The Balaban J connectivity index is 3.07. The predicted octanol–water partition coefficient (Wildman–Crippen LogP) is 1.84. The summed E-state index contributed by atoms with van der Waals surface area (Å²) in [5, 5.41) is 17.3. The van der Waals surface area contributed by atoms with Gasteiger partial charge in [-0.05, 0) is 23.3 Å². The van der Waals surface area contributed by atoms with Gasteiger partial charge < -0.3 is 14.9 Å². The normalized spacial score (nSPS) is 11.1. The third-order valence-corrected chi connectivity index (χ3v) is 2.09. The fourth-order valence-corrected chi connectivity index (χ4v) is 1.46. The maximum absolute atomic E-state index is 12.0. The zero-order chi connectivity index (χ0) is 14.6. The number of carboxylic acids is 2. The van der Waals surface area contributed by atoms with Gasteiger partial charge in [-0.15, -0.1) is 13.2 Å². The van der Waals surface area contributed by atoms with Crippen molar-refractivity contribution in [3.8, 4) is 5.75 Å². The van der Waals surface area contributed by atoms with Crippen molar-refractivity contribution in [1.82, 2.24) is 0 Å². The third kappa shape index (κ3) is 5.28. The average molecular weight is 278 g/mol. The summed E-state index contributed by atoms with van der Waals surface area (Å²) in [6, 6.07) is 2.92. The number of hydrogen-bond donors (Lipinski definition) is 2. The molecular weight excluding hydrogens is 269 g/mol. The molecule has 19 heavy (non-hydrogen) atoms. The number of carbonyl (C=O) groups is 2. The maximum atomic E-state index is 12.0. The molecule has 0 saturated heterocycles. The number of alkyl halides is 3. The van der Waals surface area contributed by atoms with Crippen molar-refractivity contribution in [3.05, 3.63) is 29.3 Å². The van der Waals surface area contributed by atoms with Crippen LogP contribution >= 0.6 is 0 Å². The summed E-state index contributed by atoms with van der Waals surface area (Å²) in [5.74, 6) is -3.08. The Morgan fingerprint density at radius 2 is 1.58 bits per heavy atom. The molecule has 0 aliphatic heterocycles. The first-order chi connectivity index (χ1) is 8.67. The highest BCUT2D eigenvalue weighted by atomic mass is 19.4. The highest BCUT2D eigenvalue weighted by molar-refractivity contribution is 5.74. The molecule has 0 unspecified atom stereocenters. The molecule has 0 atom stereocenters. The molecule has 0 bridgehead atoms. The third-order valence-electron chi connectivity index (χ3n) is 2.09. The summed E-state index contributed by atoms with van der Waals surface area (Å²) in [4.78, 5) is 21.2. The van der Waals surface area contributed by atoms with E-state index in [0.29, 0.717) is 0 Å². The van der Waals surface area contributed by atoms with Crippen LogP contribution < -0.4 is 4.74 Å². The minimum Gasteiger partial charge on any atom is -0.481 e. The first-order valence-corrected chi connectivity index (χ1v) is 4.98. The van der Waals surface area contributed by atoms with Crippen molar-refractivity contribution in [2.45, 2.75) is 19.2 Å². The Morgan fingerprint density at radius 3 is 2.05 bits per heavy atom. The summed E-state index contributed by atoms with van der Waals surface area (Å²) < 4.78 is 39.7. The van der Waals surface area contributed by atoms with Crippen LogP contribution in [0.25, 0.3) is 0 Å². The molecule has 0 aliphatic carbocycles. The molecule has 0 heterocycles. The van der Waals surface area contributed by atoms with Crippen LogP contribution in [0.1, 0.15) is 11.1 Å². The molecule has 104 valence electrons. The molecule has 8 heteroatoms. The Labute approximate surface area is 105 Å². The lowest BCUT2D eigenvalue weighted by Crippen LogP contribution is -2.17. The highest BCUT2D eigenvalue weighted by Crippen LogP contribution is 2.25. The number of benzene rings is 1. The van der Waals surface area contributed by atoms with Crippen molar-refractivity contribution in [2.75, 3.05) is 0 Å². The molecule has 0 saturated carbocycles. The topological polar surface area (TPSA) is 83.8 Å². The Morgan fingerprint density at radius 1 is 1.05 bits per heavy atom. The van der Waals surface area contributed by atoms with E-state index in [0.717, 1.165) is 18.2 Å². The van der Waals surface area contributed by atoms with Crippen LogP contribution in [0.2, 0.25) is 0 Å². The second kappa shape index (κ2) is 5.59. The van der Waals surface area contributed by atoms with E-state index in [1.807, 2.05) is 0 Å². The van der Waals surface area contributed by atoms with Crippen LogP contribution in [0, 0.1) is 0 Å². The molecule has 1 rings (SSSR count). The average Bonchev–Trinajstić information content (AvgIpc) is 2.18. The van der Waals surface area contributed by atoms with Gasteiger partial charge in [-0.25, -0.2) is 0 Å².